The number of sulfonamides is 1. The Balaban J connectivity index is 1.80. The Hall–Kier alpha value is -1.15. The van der Waals surface area contributed by atoms with E-state index in [4.69, 9.17) is 0 Å². The predicted octanol–water partition coefficient (Wildman–Crippen LogP) is 0.902. The molecule has 1 amide bonds. The van der Waals surface area contributed by atoms with Gasteiger partial charge in [-0.1, -0.05) is 12.8 Å². The smallest absolute Gasteiger partial charge is 0.326 e. The first kappa shape index (κ1) is 17.7. The Morgan fingerprint density at radius 1 is 1.08 bits per heavy atom. The van der Waals surface area contributed by atoms with Gasteiger partial charge < -0.3 is 10.0 Å². The standard InChI is InChI=1S/C16H26N2O5S/c1-24(22,23)17-8-4-6-12(10-17)15(19)18-13-7-3-2-5-11(13)9-14(18)16(20)21/h11-14H,2-10H2,1H3,(H,20,21)/t11-,12-,13-,14-/m0/s1. The number of carboxylic acid groups (broad SMARTS) is 1. The Morgan fingerprint density at radius 2 is 1.79 bits per heavy atom. The first-order valence-corrected chi connectivity index (χ1v) is 10.6. The summed E-state index contributed by atoms with van der Waals surface area (Å²) in [6.07, 6.45) is 6.94. The molecule has 0 radical (unpaired) electrons. The van der Waals surface area contributed by atoms with Crippen molar-refractivity contribution in [3.8, 4) is 0 Å². The molecule has 4 atom stereocenters. The lowest BCUT2D eigenvalue weighted by Gasteiger charge is -2.38. The fraction of sp³-hybridized carbons (Fsp3) is 0.875. The van der Waals surface area contributed by atoms with Gasteiger partial charge in [-0.2, -0.15) is 0 Å². The summed E-state index contributed by atoms with van der Waals surface area (Å²) in [6.45, 7) is 0.620. The van der Waals surface area contributed by atoms with Crippen molar-refractivity contribution in [2.45, 2.75) is 57.0 Å². The van der Waals surface area contributed by atoms with Crippen molar-refractivity contribution < 1.29 is 23.1 Å². The maximum Gasteiger partial charge on any atom is 0.326 e. The first-order valence-electron chi connectivity index (χ1n) is 8.79. The number of nitrogens with zero attached hydrogens (tertiary/aromatic N) is 2. The van der Waals surface area contributed by atoms with Crippen molar-refractivity contribution >= 4 is 21.9 Å². The molecule has 1 aliphatic carbocycles. The van der Waals surface area contributed by atoms with Gasteiger partial charge in [-0.3, -0.25) is 4.79 Å². The SMILES string of the molecule is CS(=O)(=O)N1CCC[C@H](C(=O)N2[C@H](C(=O)O)C[C@@H]3CCCC[C@@H]32)C1. The molecule has 2 aliphatic heterocycles. The van der Waals surface area contributed by atoms with Crippen LogP contribution in [0.25, 0.3) is 0 Å². The van der Waals surface area contributed by atoms with Crippen LogP contribution in [0, 0.1) is 11.8 Å². The van der Waals surface area contributed by atoms with E-state index in [2.05, 4.69) is 0 Å². The minimum atomic E-state index is -3.32. The van der Waals surface area contributed by atoms with Crippen molar-refractivity contribution in [1.29, 1.82) is 0 Å². The molecule has 1 saturated carbocycles. The number of likely N-dealkylation sites (tertiary alicyclic amines) is 1. The molecule has 3 rings (SSSR count). The van der Waals surface area contributed by atoms with E-state index in [0.717, 1.165) is 31.9 Å². The van der Waals surface area contributed by atoms with Gasteiger partial charge in [0.2, 0.25) is 15.9 Å². The molecule has 0 bridgehead atoms. The van der Waals surface area contributed by atoms with E-state index in [1.54, 1.807) is 4.90 Å². The highest BCUT2D eigenvalue weighted by atomic mass is 32.2. The highest BCUT2D eigenvalue weighted by molar-refractivity contribution is 7.88. The van der Waals surface area contributed by atoms with E-state index >= 15 is 0 Å². The van der Waals surface area contributed by atoms with E-state index in [1.165, 1.54) is 4.31 Å². The molecule has 1 N–H and O–H groups in total. The zero-order valence-corrected chi connectivity index (χ0v) is 14.9. The number of carboxylic acids is 1. The molecule has 2 heterocycles. The van der Waals surface area contributed by atoms with Gasteiger partial charge in [0.1, 0.15) is 6.04 Å². The number of rotatable bonds is 3. The van der Waals surface area contributed by atoms with E-state index < -0.39 is 28.0 Å². The summed E-state index contributed by atoms with van der Waals surface area (Å²) >= 11 is 0. The Labute approximate surface area is 143 Å². The monoisotopic (exact) mass is 358 g/mol. The van der Waals surface area contributed by atoms with Gasteiger partial charge in [-0.05, 0) is 38.0 Å². The highest BCUT2D eigenvalue weighted by Gasteiger charge is 2.49. The summed E-state index contributed by atoms with van der Waals surface area (Å²) in [5.74, 6) is -1.24. The fourth-order valence-corrected chi connectivity index (χ4v) is 5.57. The average molecular weight is 358 g/mol. The molecular weight excluding hydrogens is 332 g/mol. The summed E-state index contributed by atoms with van der Waals surface area (Å²) < 4.78 is 24.9. The van der Waals surface area contributed by atoms with Crippen LogP contribution < -0.4 is 0 Å². The van der Waals surface area contributed by atoms with Gasteiger partial charge in [0.15, 0.2) is 0 Å². The molecule has 7 nitrogen and oxygen atoms in total. The molecule has 0 aromatic heterocycles. The Bertz CT molecular complexity index is 620. The minimum absolute atomic E-state index is 0.0148. The van der Waals surface area contributed by atoms with Crippen LogP contribution in [-0.2, 0) is 19.6 Å². The lowest BCUT2D eigenvalue weighted by atomic mass is 9.84. The van der Waals surface area contributed by atoms with Gasteiger partial charge >= 0.3 is 5.97 Å². The van der Waals surface area contributed by atoms with Crippen LogP contribution in [0.15, 0.2) is 0 Å². The molecular formula is C16H26N2O5S. The summed E-state index contributed by atoms with van der Waals surface area (Å²) in [5, 5.41) is 9.56. The number of carbonyl (C=O) groups is 2. The third-order valence-corrected chi connectivity index (χ3v) is 7.10. The third-order valence-electron chi connectivity index (χ3n) is 5.83. The van der Waals surface area contributed by atoms with Gasteiger partial charge in [0.25, 0.3) is 0 Å². The molecule has 3 aliphatic rings. The van der Waals surface area contributed by atoms with E-state index in [9.17, 15) is 23.1 Å². The number of hydrogen-bond donors (Lipinski definition) is 1. The van der Waals surface area contributed by atoms with Gasteiger partial charge in [-0.25, -0.2) is 17.5 Å². The number of hydrogen-bond acceptors (Lipinski definition) is 4. The molecule has 8 heteroatoms. The Morgan fingerprint density at radius 3 is 2.46 bits per heavy atom. The second-order valence-corrected chi connectivity index (χ2v) is 9.39. The molecule has 0 spiro atoms. The van der Waals surface area contributed by atoms with Crippen molar-refractivity contribution in [2.75, 3.05) is 19.3 Å². The average Bonchev–Trinajstić information content (AvgIpc) is 2.93. The van der Waals surface area contributed by atoms with Crippen LogP contribution in [-0.4, -0.2) is 66.0 Å². The second kappa shape index (κ2) is 6.63. The number of piperidine rings is 1. The summed E-state index contributed by atoms with van der Waals surface area (Å²) in [7, 11) is -3.32. The summed E-state index contributed by atoms with van der Waals surface area (Å²) in [6, 6.07) is -0.736. The molecule has 24 heavy (non-hydrogen) atoms. The van der Waals surface area contributed by atoms with E-state index in [-0.39, 0.29) is 24.4 Å². The maximum atomic E-state index is 13.1. The number of amides is 1. The Kier molecular flexibility index (Phi) is 4.88. The highest BCUT2D eigenvalue weighted by Crippen LogP contribution is 2.41. The van der Waals surface area contributed by atoms with Crippen LogP contribution in [0.1, 0.15) is 44.9 Å². The minimum Gasteiger partial charge on any atom is -0.480 e. The molecule has 2 saturated heterocycles. The van der Waals surface area contributed by atoms with Crippen LogP contribution in [0.3, 0.4) is 0 Å². The zero-order chi connectivity index (χ0) is 17.5. The topological polar surface area (TPSA) is 95.0 Å². The summed E-state index contributed by atoms with van der Waals surface area (Å²) in [5.41, 5.74) is 0. The number of carbonyl (C=O) groups excluding carboxylic acids is 1. The lowest BCUT2D eigenvalue weighted by molar-refractivity contribution is -0.152. The molecule has 0 aromatic rings. The largest absolute Gasteiger partial charge is 0.480 e. The molecule has 0 aromatic carbocycles. The van der Waals surface area contributed by atoms with Crippen LogP contribution in [0.5, 0.6) is 0 Å². The van der Waals surface area contributed by atoms with Crippen LogP contribution >= 0.6 is 0 Å². The van der Waals surface area contributed by atoms with Gasteiger partial charge in [0, 0.05) is 19.1 Å². The number of fused-ring (bicyclic) bond motifs is 1. The second-order valence-electron chi connectivity index (χ2n) is 7.41. The zero-order valence-electron chi connectivity index (χ0n) is 14.1. The van der Waals surface area contributed by atoms with Crippen molar-refractivity contribution in [3.05, 3.63) is 0 Å². The van der Waals surface area contributed by atoms with E-state index in [0.29, 0.717) is 25.8 Å². The quantitative estimate of drug-likeness (QED) is 0.809. The first-order chi connectivity index (χ1) is 11.3. The van der Waals surface area contributed by atoms with Crippen molar-refractivity contribution in [3.63, 3.8) is 0 Å². The lowest BCUT2D eigenvalue weighted by Crippen LogP contribution is -2.52. The molecule has 0 unspecified atom stereocenters. The summed E-state index contributed by atoms with van der Waals surface area (Å²) in [4.78, 5) is 26.3. The van der Waals surface area contributed by atoms with Crippen LogP contribution in [0.4, 0.5) is 0 Å². The molecule has 136 valence electrons. The molecule has 3 fully saturated rings. The van der Waals surface area contributed by atoms with Crippen molar-refractivity contribution in [2.24, 2.45) is 11.8 Å². The normalized spacial score (nSPS) is 34.8. The maximum absolute atomic E-state index is 13.1. The third kappa shape index (κ3) is 3.31. The number of aliphatic carboxylic acids is 1. The van der Waals surface area contributed by atoms with Crippen molar-refractivity contribution in [1.82, 2.24) is 9.21 Å². The van der Waals surface area contributed by atoms with Gasteiger partial charge in [0.05, 0.1) is 12.2 Å². The fourth-order valence-electron chi connectivity index (χ4n) is 4.65. The predicted molar refractivity (Wildman–Crippen MR) is 87.8 cm³/mol. The van der Waals surface area contributed by atoms with Crippen LogP contribution in [0.2, 0.25) is 0 Å². The van der Waals surface area contributed by atoms with Gasteiger partial charge in [-0.15, -0.1) is 0 Å². The van der Waals surface area contributed by atoms with E-state index in [1.807, 2.05) is 0 Å².